The summed E-state index contributed by atoms with van der Waals surface area (Å²) in [6, 6.07) is 10.0. The first-order valence-electron chi connectivity index (χ1n) is 11.5. The van der Waals surface area contributed by atoms with Gasteiger partial charge in [-0.25, -0.2) is 9.37 Å². The van der Waals surface area contributed by atoms with Gasteiger partial charge in [0, 0.05) is 55.6 Å². The van der Waals surface area contributed by atoms with Crippen LogP contribution in [-0.2, 0) is 11.2 Å². The van der Waals surface area contributed by atoms with Gasteiger partial charge in [-0.2, -0.15) is 0 Å². The molecule has 0 bridgehead atoms. The summed E-state index contributed by atoms with van der Waals surface area (Å²) in [5.41, 5.74) is 2.08. The molecule has 5 rings (SSSR count). The number of hydrogen-bond acceptors (Lipinski definition) is 6. The van der Waals surface area contributed by atoms with Crippen LogP contribution in [0, 0.1) is 5.82 Å². The van der Waals surface area contributed by atoms with Crippen LogP contribution in [0.4, 0.5) is 10.2 Å². The van der Waals surface area contributed by atoms with E-state index in [1.807, 2.05) is 16.2 Å². The molecule has 1 N–H and O–H groups in total. The van der Waals surface area contributed by atoms with Crippen LogP contribution in [0.5, 0.6) is 0 Å². The van der Waals surface area contributed by atoms with Crippen LogP contribution in [0.15, 0.2) is 60.4 Å². The van der Waals surface area contributed by atoms with Crippen LogP contribution in [0.1, 0.15) is 11.8 Å². The number of carbonyl (C=O) groups excluding carboxylic acids is 1. The van der Waals surface area contributed by atoms with Crippen molar-refractivity contribution in [3.8, 4) is 11.3 Å². The van der Waals surface area contributed by atoms with Crippen molar-refractivity contribution >= 4 is 28.7 Å². The van der Waals surface area contributed by atoms with Crippen LogP contribution in [0.2, 0.25) is 0 Å². The number of benzene rings is 1. The Morgan fingerprint density at radius 1 is 1.18 bits per heavy atom. The lowest BCUT2D eigenvalue weighted by molar-refractivity contribution is -0.133. The monoisotopic (exact) mass is 478 g/mol. The van der Waals surface area contributed by atoms with E-state index in [4.69, 9.17) is 0 Å². The van der Waals surface area contributed by atoms with Gasteiger partial charge in [0.05, 0.1) is 6.20 Å². The Kier molecular flexibility index (Phi) is 6.55. The Morgan fingerprint density at radius 2 is 1.97 bits per heavy atom. The van der Waals surface area contributed by atoms with E-state index in [2.05, 4.69) is 37.7 Å². The molecule has 3 aromatic heterocycles. The van der Waals surface area contributed by atoms with Gasteiger partial charge in [-0.15, -0.1) is 11.3 Å². The number of nitrogens with one attached hydrogen (secondary N) is 1. The number of rotatable bonds is 7. The lowest BCUT2D eigenvalue weighted by Crippen LogP contribution is -2.52. The van der Waals surface area contributed by atoms with Gasteiger partial charge in [-0.3, -0.25) is 19.1 Å². The molecule has 4 heterocycles. The fourth-order valence-corrected chi connectivity index (χ4v) is 5.01. The largest absolute Gasteiger partial charge is 0.358 e. The summed E-state index contributed by atoms with van der Waals surface area (Å²) in [6.45, 7) is 6.10. The molecule has 0 aliphatic carbocycles. The SMILES string of the molecule is CC(Nc1c(-c2ccc(F)cc2)nc2cnccn12)C(=O)N1CCN(CCc2cccs2)CC1. The Bertz CT molecular complexity index is 1250. The van der Waals surface area contributed by atoms with E-state index in [1.54, 1.807) is 42.1 Å². The number of aromatic nitrogens is 3. The quantitative estimate of drug-likeness (QED) is 0.438. The molecule has 1 fully saturated rings. The molecule has 0 saturated carbocycles. The Morgan fingerprint density at radius 3 is 2.71 bits per heavy atom. The zero-order chi connectivity index (χ0) is 23.5. The van der Waals surface area contributed by atoms with Crippen molar-refractivity contribution in [2.45, 2.75) is 19.4 Å². The van der Waals surface area contributed by atoms with E-state index in [0.717, 1.165) is 44.7 Å². The minimum absolute atomic E-state index is 0.0620. The molecule has 1 saturated heterocycles. The third kappa shape index (κ3) is 4.80. The van der Waals surface area contributed by atoms with Gasteiger partial charge < -0.3 is 10.2 Å². The van der Waals surface area contributed by atoms with Crippen LogP contribution < -0.4 is 5.32 Å². The van der Waals surface area contributed by atoms with Gasteiger partial charge in [-0.05, 0) is 49.1 Å². The maximum absolute atomic E-state index is 13.5. The number of hydrogen-bond donors (Lipinski definition) is 1. The van der Waals surface area contributed by atoms with Crippen molar-refractivity contribution in [3.05, 3.63) is 71.1 Å². The van der Waals surface area contributed by atoms with Crippen molar-refractivity contribution in [3.63, 3.8) is 0 Å². The van der Waals surface area contributed by atoms with Gasteiger partial charge in [0.15, 0.2) is 5.65 Å². The second-order valence-corrected chi connectivity index (χ2v) is 9.51. The van der Waals surface area contributed by atoms with Gasteiger partial charge in [0.25, 0.3) is 0 Å². The summed E-state index contributed by atoms with van der Waals surface area (Å²) in [4.78, 5) is 27.8. The molecule has 0 radical (unpaired) electrons. The standard InChI is InChI=1S/C25H27FN6OS/c1-18(25(33)31-14-12-30(13-15-31)10-8-21-3-2-16-34-21)28-24-23(19-4-6-20(26)7-5-19)29-22-17-27-9-11-32(22)24/h2-7,9,11,16-18,28H,8,10,12-15H2,1H3. The summed E-state index contributed by atoms with van der Waals surface area (Å²) >= 11 is 1.79. The zero-order valence-electron chi connectivity index (χ0n) is 19.0. The van der Waals surface area contributed by atoms with Crippen molar-refractivity contribution in [2.24, 2.45) is 0 Å². The predicted octanol–water partition coefficient (Wildman–Crippen LogP) is 3.78. The summed E-state index contributed by atoms with van der Waals surface area (Å²) in [5.74, 6) is 0.452. The van der Waals surface area contributed by atoms with Crippen molar-refractivity contribution in [1.29, 1.82) is 0 Å². The number of amides is 1. The molecular formula is C25H27FN6OS. The lowest BCUT2D eigenvalue weighted by Gasteiger charge is -2.36. The fourth-order valence-electron chi connectivity index (χ4n) is 4.31. The third-order valence-electron chi connectivity index (χ3n) is 6.21. The Labute approximate surface area is 201 Å². The molecule has 1 aliphatic rings. The number of piperazine rings is 1. The van der Waals surface area contributed by atoms with E-state index >= 15 is 0 Å². The molecule has 176 valence electrons. The number of nitrogens with zero attached hydrogens (tertiary/aromatic N) is 5. The van der Waals surface area contributed by atoms with E-state index in [-0.39, 0.29) is 11.7 Å². The van der Waals surface area contributed by atoms with E-state index < -0.39 is 6.04 Å². The van der Waals surface area contributed by atoms with E-state index in [1.165, 1.54) is 17.0 Å². The maximum atomic E-state index is 13.5. The molecular weight excluding hydrogens is 451 g/mol. The number of anilines is 1. The van der Waals surface area contributed by atoms with Gasteiger partial charge in [0.1, 0.15) is 23.4 Å². The maximum Gasteiger partial charge on any atom is 0.244 e. The number of fused-ring (bicyclic) bond motifs is 1. The molecule has 34 heavy (non-hydrogen) atoms. The van der Waals surface area contributed by atoms with E-state index in [9.17, 15) is 9.18 Å². The molecule has 1 unspecified atom stereocenters. The van der Waals surface area contributed by atoms with Crippen molar-refractivity contribution in [2.75, 3.05) is 38.0 Å². The highest BCUT2D eigenvalue weighted by Crippen LogP contribution is 2.29. The first kappa shape index (κ1) is 22.5. The summed E-state index contributed by atoms with van der Waals surface area (Å²) < 4.78 is 15.3. The molecule has 7 nitrogen and oxygen atoms in total. The molecule has 1 aliphatic heterocycles. The molecule has 1 amide bonds. The van der Waals surface area contributed by atoms with Crippen molar-refractivity contribution < 1.29 is 9.18 Å². The number of thiophene rings is 1. The smallest absolute Gasteiger partial charge is 0.244 e. The first-order valence-corrected chi connectivity index (χ1v) is 12.3. The fraction of sp³-hybridized carbons (Fsp3) is 0.320. The lowest BCUT2D eigenvalue weighted by atomic mass is 10.1. The number of halogens is 1. The molecule has 0 spiro atoms. The second kappa shape index (κ2) is 9.90. The molecule has 1 aromatic carbocycles. The topological polar surface area (TPSA) is 65.8 Å². The van der Waals surface area contributed by atoms with Gasteiger partial charge >= 0.3 is 0 Å². The van der Waals surface area contributed by atoms with Crippen LogP contribution in [0.25, 0.3) is 16.9 Å². The molecule has 1 atom stereocenters. The normalized spacial score (nSPS) is 15.5. The zero-order valence-corrected chi connectivity index (χ0v) is 19.8. The summed E-state index contributed by atoms with van der Waals surface area (Å²) in [7, 11) is 0. The van der Waals surface area contributed by atoms with Crippen LogP contribution in [0.3, 0.4) is 0 Å². The van der Waals surface area contributed by atoms with Crippen LogP contribution >= 0.6 is 11.3 Å². The Hall–Kier alpha value is -3.30. The highest BCUT2D eigenvalue weighted by molar-refractivity contribution is 7.09. The summed E-state index contributed by atoms with van der Waals surface area (Å²) in [6.07, 6.45) is 6.20. The highest BCUT2D eigenvalue weighted by Gasteiger charge is 2.26. The molecule has 4 aromatic rings. The minimum Gasteiger partial charge on any atom is -0.358 e. The van der Waals surface area contributed by atoms with Crippen LogP contribution in [-0.4, -0.2) is 68.8 Å². The number of imidazole rings is 1. The minimum atomic E-state index is -0.440. The predicted molar refractivity (Wildman–Crippen MR) is 133 cm³/mol. The second-order valence-electron chi connectivity index (χ2n) is 8.48. The third-order valence-corrected chi connectivity index (χ3v) is 7.15. The summed E-state index contributed by atoms with van der Waals surface area (Å²) in [5, 5.41) is 5.49. The molecule has 9 heteroatoms. The average molecular weight is 479 g/mol. The van der Waals surface area contributed by atoms with E-state index in [0.29, 0.717) is 17.2 Å². The average Bonchev–Trinajstić information content (AvgIpc) is 3.51. The highest BCUT2D eigenvalue weighted by atomic mass is 32.1. The van der Waals surface area contributed by atoms with Gasteiger partial charge in [-0.1, -0.05) is 6.07 Å². The van der Waals surface area contributed by atoms with Gasteiger partial charge in [0.2, 0.25) is 5.91 Å². The Balaban J connectivity index is 1.26. The number of carbonyl (C=O) groups is 1. The van der Waals surface area contributed by atoms with Crippen molar-refractivity contribution in [1.82, 2.24) is 24.2 Å². The first-order chi connectivity index (χ1) is 16.6.